The Hall–Kier alpha value is -1.42. The molecule has 0 aromatic heterocycles. The molecule has 68 valence electrons. The van der Waals surface area contributed by atoms with Crippen molar-refractivity contribution >= 4 is 11.6 Å². The van der Waals surface area contributed by atoms with Crippen LogP contribution in [0.15, 0.2) is 18.2 Å². The Morgan fingerprint density at radius 2 is 2.31 bits per heavy atom. The van der Waals surface area contributed by atoms with E-state index in [2.05, 4.69) is 5.32 Å². The molecule has 1 aliphatic heterocycles. The highest BCUT2D eigenvalue weighted by Crippen LogP contribution is 2.33. The predicted molar refractivity (Wildman–Crippen MR) is 46.8 cm³/mol. The molecule has 1 atom stereocenters. The summed E-state index contributed by atoms with van der Waals surface area (Å²) in [6.45, 7) is 0.139. The Labute approximate surface area is 74.7 Å². The number of carbonyl (C=O) groups is 1. The number of amides is 1. The summed E-state index contributed by atoms with van der Waals surface area (Å²) in [4.78, 5) is 11.3. The molecule has 0 radical (unpaired) electrons. The number of benzene rings is 1. The van der Waals surface area contributed by atoms with Gasteiger partial charge in [0.2, 0.25) is 5.91 Å². The zero-order valence-corrected chi connectivity index (χ0v) is 6.88. The zero-order valence-electron chi connectivity index (χ0n) is 6.88. The summed E-state index contributed by atoms with van der Waals surface area (Å²) in [5, 5.41) is 2.58. The minimum Gasteiger partial charge on any atom is -0.329 e. The Morgan fingerprint density at radius 1 is 1.54 bits per heavy atom. The minimum atomic E-state index is -0.531. The highest BCUT2D eigenvalue weighted by Gasteiger charge is 2.31. The summed E-state index contributed by atoms with van der Waals surface area (Å²) < 4.78 is 13.3. The van der Waals surface area contributed by atoms with E-state index in [9.17, 15) is 9.18 Å². The second-order valence-electron chi connectivity index (χ2n) is 2.98. The molecule has 1 aromatic rings. The SMILES string of the molecule is NCC1C(=O)Nc2cccc(F)c21. The number of rotatable bonds is 1. The normalized spacial score (nSPS) is 19.8. The fourth-order valence-electron chi connectivity index (χ4n) is 1.58. The molecule has 0 fully saturated rings. The molecule has 3 N–H and O–H groups in total. The van der Waals surface area contributed by atoms with Crippen molar-refractivity contribution in [2.75, 3.05) is 11.9 Å². The molecule has 1 amide bonds. The first-order valence-electron chi connectivity index (χ1n) is 4.03. The van der Waals surface area contributed by atoms with Crippen LogP contribution < -0.4 is 11.1 Å². The van der Waals surface area contributed by atoms with Gasteiger partial charge in [0.25, 0.3) is 0 Å². The van der Waals surface area contributed by atoms with Crippen LogP contribution in [0.3, 0.4) is 0 Å². The molecule has 1 aliphatic rings. The van der Waals surface area contributed by atoms with Gasteiger partial charge in [-0.1, -0.05) is 6.07 Å². The lowest BCUT2D eigenvalue weighted by molar-refractivity contribution is -0.116. The van der Waals surface area contributed by atoms with Gasteiger partial charge in [0.15, 0.2) is 0 Å². The van der Waals surface area contributed by atoms with Crippen LogP contribution in [0.25, 0.3) is 0 Å². The third-order valence-corrected chi connectivity index (χ3v) is 2.21. The van der Waals surface area contributed by atoms with Gasteiger partial charge in [-0.15, -0.1) is 0 Å². The predicted octanol–water partition coefficient (Wildman–Crippen LogP) is 0.820. The van der Waals surface area contributed by atoms with Crippen molar-refractivity contribution in [3.05, 3.63) is 29.6 Å². The van der Waals surface area contributed by atoms with Crippen LogP contribution in [0.5, 0.6) is 0 Å². The maximum absolute atomic E-state index is 13.3. The Balaban J connectivity index is 2.55. The average molecular weight is 180 g/mol. The molecule has 0 saturated heterocycles. The molecule has 1 unspecified atom stereocenters. The number of anilines is 1. The summed E-state index contributed by atoms with van der Waals surface area (Å²) in [7, 11) is 0. The number of halogens is 1. The van der Waals surface area contributed by atoms with Gasteiger partial charge in [-0.3, -0.25) is 4.79 Å². The van der Waals surface area contributed by atoms with Gasteiger partial charge >= 0.3 is 0 Å². The second kappa shape index (κ2) is 2.81. The van der Waals surface area contributed by atoms with Crippen LogP contribution in [0.1, 0.15) is 11.5 Å². The average Bonchev–Trinajstić information content (AvgIpc) is 2.42. The van der Waals surface area contributed by atoms with E-state index < -0.39 is 5.92 Å². The summed E-state index contributed by atoms with van der Waals surface area (Å²) in [6.07, 6.45) is 0. The lowest BCUT2D eigenvalue weighted by atomic mass is 10.0. The van der Waals surface area contributed by atoms with Crippen molar-refractivity contribution in [2.24, 2.45) is 5.73 Å². The van der Waals surface area contributed by atoms with E-state index in [1.165, 1.54) is 6.07 Å². The third-order valence-electron chi connectivity index (χ3n) is 2.21. The molecule has 1 aromatic carbocycles. The molecule has 4 heteroatoms. The summed E-state index contributed by atoms with van der Waals surface area (Å²) in [5.41, 5.74) is 6.32. The molecule has 0 aliphatic carbocycles. The van der Waals surface area contributed by atoms with Crippen LogP contribution in [0.4, 0.5) is 10.1 Å². The molecule has 13 heavy (non-hydrogen) atoms. The van der Waals surface area contributed by atoms with Crippen LogP contribution in [0.2, 0.25) is 0 Å². The van der Waals surface area contributed by atoms with Gasteiger partial charge in [0.05, 0.1) is 5.92 Å². The van der Waals surface area contributed by atoms with E-state index in [4.69, 9.17) is 5.73 Å². The van der Waals surface area contributed by atoms with Crippen molar-refractivity contribution in [3.63, 3.8) is 0 Å². The second-order valence-corrected chi connectivity index (χ2v) is 2.98. The van der Waals surface area contributed by atoms with Gasteiger partial charge in [0.1, 0.15) is 5.82 Å². The molecular weight excluding hydrogens is 171 g/mol. The Morgan fingerprint density at radius 3 is 3.00 bits per heavy atom. The lowest BCUT2D eigenvalue weighted by Crippen LogP contribution is -2.20. The molecule has 0 bridgehead atoms. The van der Waals surface area contributed by atoms with E-state index in [0.717, 1.165) is 0 Å². The first-order valence-corrected chi connectivity index (χ1v) is 4.03. The molecule has 3 nitrogen and oxygen atoms in total. The van der Waals surface area contributed by atoms with Gasteiger partial charge in [-0.25, -0.2) is 4.39 Å². The van der Waals surface area contributed by atoms with E-state index >= 15 is 0 Å². The lowest BCUT2D eigenvalue weighted by Gasteiger charge is -2.04. The summed E-state index contributed by atoms with van der Waals surface area (Å²) >= 11 is 0. The summed E-state index contributed by atoms with van der Waals surface area (Å²) in [6, 6.07) is 4.57. The van der Waals surface area contributed by atoms with Crippen molar-refractivity contribution in [1.29, 1.82) is 0 Å². The smallest absolute Gasteiger partial charge is 0.233 e. The highest BCUT2D eigenvalue weighted by atomic mass is 19.1. The highest BCUT2D eigenvalue weighted by molar-refractivity contribution is 6.03. The standard InChI is InChI=1S/C9H9FN2O/c10-6-2-1-3-7-8(6)5(4-11)9(13)12-7/h1-3,5H,4,11H2,(H,12,13). The Kier molecular flexibility index (Phi) is 1.77. The van der Waals surface area contributed by atoms with Gasteiger partial charge in [0, 0.05) is 17.8 Å². The minimum absolute atomic E-state index is 0.139. The number of hydrogen-bond acceptors (Lipinski definition) is 2. The van der Waals surface area contributed by atoms with E-state index in [1.807, 2.05) is 0 Å². The molecule has 2 rings (SSSR count). The zero-order chi connectivity index (χ0) is 9.42. The molecule has 0 spiro atoms. The van der Waals surface area contributed by atoms with Crippen molar-refractivity contribution < 1.29 is 9.18 Å². The van der Waals surface area contributed by atoms with E-state index in [-0.39, 0.29) is 18.3 Å². The number of carbonyl (C=O) groups excluding carboxylic acids is 1. The largest absolute Gasteiger partial charge is 0.329 e. The quantitative estimate of drug-likeness (QED) is 0.672. The van der Waals surface area contributed by atoms with Crippen molar-refractivity contribution in [1.82, 2.24) is 0 Å². The van der Waals surface area contributed by atoms with Crippen molar-refractivity contribution in [2.45, 2.75) is 5.92 Å². The maximum Gasteiger partial charge on any atom is 0.233 e. The molecular formula is C9H9FN2O. The van der Waals surface area contributed by atoms with Crippen LogP contribution in [0, 0.1) is 5.82 Å². The molecule has 1 heterocycles. The third kappa shape index (κ3) is 1.10. The number of nitrogens with two attached hydrogens (primary N) is 1. The number of nitrogens with one attached hydrogen (secondary N) is 1. The monoisotopic (exact) mass is 180 g/mol. The van der Waals surface area contributed by atoms with Crippen LogP contribution >= 0.6 is 0 Å². The van der Waals surface area contributed by atoms with Crippen molar-refractivity contribution in [3.8, 4) is 0 Å². The van der Waals surface area contributed by atoms with Crippen LogP contribution in [-0.4, -0.2) is 12.5 Å². The fraction of sp³-hybridized carbons (Fsp3) is 0.222. The Bertz CT molecular complexity index is 365. The van der Waals surface area contributed by atoms with E-state index in [0.29, 0.717) is 11.3 Å². The van der Waals surface area contributed by atoms with Gasteiger partial charge < -0.3 is 11.1 Å². The number of hydrogen-bond donors (Lipinski definition) is 2. The van der Waals surface area contributed by atoms with E-state index in [1.54, 1.807) is 12.1 Å². The first-order chi connectivity index (χ1) is 6.24. The maximum atomic E-state index is 13.3. The van der Waals surface area contributed by atoms with Gasteiger partial charge in [-0.05, 0) is 12.1 Å². The fourth-order valence-corrected chi connectivity index (χ4v) is 1.58. The molecule has 0 saturated carbocycles. The topological polar surface area (TPSA) is 55.1 Å². The van der Waals surface area contributed by atoms with Gasteiger partial charge in [-0.2, -0.15) is 0 Å². The first kappa shape index (κ1) is 8.19. The number of fused-ring (bicyclic) bond motifs is 1. The van der Waals surface area contributed by atoms with Crippen LogP contribution in [-0.2, 0) is 4.79 Å². The summed E-state index contributed by atoms with van der Waals surface area (Å²) in [5.74, 6) is -1.12.